The van der Waals surface area contributed by atoms with Gasteiger partial charge in [-0.05, 0) is 18.4 Å². The molecule has 0 fully saturated rings. The van der Waals surface area contributed by atoms with Crippen LogP contribution in [0.15, 0.2) is 5.11 Å². The van der Waals surface area contributed by atoms with Gasteiger partial charge in [-0.1, -0.05) is 57.0 Å². The van der Waals surface area contributed by atoms with E-state index in [2.05, 4.69) is 31.0 Å². The first kappa shape index (κ1) is 18.3. The molecule has 0 saturated heterocycles. The molecule has 0 unspecified atom stereocenters. The topological polar surface area (TPSA) is 48.8 Å². The number of unbranched alkanes of at least 4 members (excludes halogenated alkanes) is 8. The monoisotopic (exact) mass is 269 g/mol. The zero-order valence-electron chi connectivity index (χ0n) is 13.3. The van der Waals surface area contributed by atoms with Crippen LogP contribution in [0.3, 0.4) is 0 Å². The van der Waals surface area contributed by atoms with Crippen molar-refractivity contribution >= 4 is 0 Å². The van der Waals surface area contributed by atoms with Crippen molar-refractivity contribution in [2.45, 2.75) is 64.7 Å². The third kappa shape index (κ3) is 13.5. The second-order valence-electron chi connectivity index (χ2n) is 6.17. The Kier molecular flexibility index (Phi) is 11.8. The molecule has 0 aromatic rings. The van der Waals surface area contributed by atoms with Crippen molar-refractivity contribution in [1.82, 2.24) is 0 Å². The molecule has 0 rings (SSSR count). The Labute approximate surface area is 119 Å². The number of quaternary nitrogens is 1. The average molecular weight is 269 g/mol. The van der Waals surface area contributed by atoms with Crippen molar-refractivity contribution in [2.75, 3.05) is 33.7 Å². The lowest BCUT2D eigenvalue weighted by molar-refractivity contribution is -0.889. The summed E-state index contributed by atoms with van der Waals surface area (Å²) in [6.07, 6.45) is 12.4. The second kappa shape index (κ2) is 12.3. The quantitative estimate of drug-likeness (QED) is 0.150. The number of likely N-dealkylation sites (N-methyl/N-ethyl adjacent to an activating group) is 1. The summed E-state index contributed by atoms with van der Waals surface area (Å²) >= 11 is 0. The van der Waals surface area contributed by atoms with Gasteiger partial charge >= 0.3 is 0 Å². The van der Waals surface area contributed by atoms with E-state index >= 15 is 0 Å². The largest absolute Gasteiger partial charge is 0.328 e. The molecule has 0 aromatic carbocycles. The highest BCUT2D eigenvalue weighted by Gasteiger charge is 2.12. The van der Waals surface area contributed by atoms with Crippen molar-refractivity contribution in [3.8, 4) is 0 Å². The first-order valence-corrected chi connectivity index (χ1v) is 7.95. The van der Waals surface area contributed by atoms with Gasteiger partial charge in [-0.15, -0.1) is 0 Å². The van der Waals surface area contributed by atoms with Crippen LogP contribution in [0, 0.1) is 0 Å². The molecule has 0 aliphatic carbocycles. The summed E-state index contributed by atoms with van der Waals surface area (Å²) in [4.78, 5) is 2.81. The average Bonchev–Trinajstić information content (AvgIpc) is 2.37. The highest BCUT2D eigenvalue weighted by atomic mass is 15.3. The number of nitrogens with zero attached hydrogens (tertiary/aromatic N) is 4. The standard InChI is InChI=1S/C15H33N4/c1-4-5-6-7-8-9-10-11-12-14-19(2,3)15-13-17-18-16/h4-15H2,1-3H3/q+1. The normalized spacial score (nSPS) is 11.3. The minimum Gasteiger partial charge on any atom is -0.328 e. The Morgan fingerprint density at radius 1 is 0.842 bits per heavy atom. The molecule has 0 bridgehead atoms. The molecule has 0 N–H and O–H groups in total. The maximum atomic E-state index is 8.26. The Morgan fingerprint density at radius 2 is 1.37 bits per heavy atom. The summed E-state index contributed by atoms with van der Waals surface area (Å²) in [6, 6.07) is 0. The Bertz CT molecular complexity index is 245. The maximum Gasteiger partial charge on any atom is 0.0839 e. The molecule has 0 spiro atoms. The fourth-order valence-corrected chi connectivity index (χ4v) is 2.32. The van der Waals surface area contributed by atoms with E-state index in [9.17, 15) is 0 Å². The van der Waals surface area contributed by atoms with E-state index in [0.717, 1.165) is 11.0 Å². The van der Waals surface area contributed by atoms with E-state index in [1.165, 1.54) is 64.3 Å². The zero-order valence-corrected chi connectivity index (χ0v) is 13.3. The summed E-state index contributed by atoms with van der Waals surface area (Å²) in [5.74, 6) is 0. The lowest BCUT2D eigenvalue weighted by Gasteiger charge is -2.29. The van der Waals surface area contributed by atoms with Gasteiger partial charge in [-0.2, -0.15) is 0 Å². The van der Waals surface area contributed by atoms with Crippen LogP contribution in [0.1, 0.15) is 64.7 Å². The summed E-state index contributed by atoms with van der Waals surface area (Å²) in [5.41, 5.74) is 8.26. The highest BCUT2D eigenvalue weighted by molar-refractivity contribution is 4.48. The molecule has 0 radical (unpaired) electrons. The molecular formula is C15H33N4+. The van der Waals surface area contributed by atoms with Crippen molar-refractivity contribution in [3.63, 3.8) is 0 Å². The van der Waals surface area contributed by atoms with Crippen molar-refractivity contribution in [1.29, 1.82) is 0 Å². The predicted molar refractivity (Wildman–Crippen MR) is 83.1 cm³/mol. The van der Waals surface area contributed by atoms with Gasteiger partial charge in [0.05, 0.1) is 33.7 Å². The third-order valence-corrected chi connectivity index (χ3v) is 3.74. The molecule has 0 aromatic heterocycles. The lowest BCUT2D eigenvalue weighted by Crippen LogP contribution is -2.42. The number of hydrogen-bond acceptors (Lipinski definition) is 1. The van der Waals surface area contributed by atoms with Gasteiger partial charge in [0.2, 0.25) is 0 Å². The lowest BCUT2D eigenvalue weighted by atomic mass is 10.1. The number of rotatable bonds is 13. The smallest absolute Gasteiger partial charge is 0.0839 e. The van der Waals surface area contributed by atoms with Crippen LogP contribution in [0.4, 0.5) is 0 Å². The van der Waals surface area contributed by atoms with Crippen LogP contribution < -0.4 is 0 Å². The van der Waals surface area contributed by atoms with Gasteiger partial charge in [0.1, 0.15) is 0 Å². The second-order valence-corrected chi connectivity index (χ2v) is 6.17. The summed E-state index contributed by atoms with van der Waals surface area (Å²) in [7, 11) is 4.44. The van der Waals surface area contributed by atoms with Crippen LogP contribution in [-0.2, 0) is 0 Å². The minimum atomic E-state index is 0.612. The molecular weight excluding hydrogens is 236 g/mol. The predicted octanol–water partition coefficient (Wildman–Crippen LogP) is 4.90. The van der Waals surface area contributed by atoms with Gasteiger partial charge in [-0.25, -0.2) is 0 Å². The van der Waals surface area contributed by atoms with Crippen molar-refractivity contribution in [2.24, 2.45) is 5.11 Å². The molecule has 4 heteroatoms. The Hall–Kier alpha value is -0.730. The van der Waals surface area contributed by atoms with E-state index in [4.69, 9.17) is 5.53 Å². The van der Waals surface area contributed by atoms with Crippen LogP contribution in [0.2, 0.25) is 0 Å². The van der Waals surface area contributed by atoms with E-state index in [1.54, 1.807) is 0 Å². The molecule has 19 heavy (non-hydrogen) atoms. The Morgan fingerprint density at radius 3 is 1.89 bits per heavy atom. The van der Waals surface area contributed by atoms with Crippen LogP contribution in [-0.4, -0.2) is 38.2 Å². The minimum absolute atomic E-state index is 0.612. The van der Waals surface area contributed by atoms with E-state index in [1.807, 2.05) is 0 Å². The Balaban J connectivity index is 3.34. The first-order chi connectivity index (χ1) is 9.12. The number of hydrogen-bond donors (Lipinski definition) is 0. The van der Waals surface area contributed by atoms with Crippen LogP contribution >= 0.6 is 0 Å². The molecule has 0 aliphatic rings. The molecule has 0 atom stereocenters. The molecule has 0 heterocycles. The fraction of sp³-hybridized carbons (Fsp3) is 1.00. The van der Waals surface area contributed by atoms with Gasteiger partial charge in [0.25, 0.3) is 0 Å². The molecule has 0 saturated carbocycles. The van der Waals surface area contributed by atoms with E-state index < -0.39 is 0 Å². The van der Waals surface area contributed by atoms with Crippen molar-refractivity contribution < 1.29 is 4.48 Å². The van der Waals surface area contributed by atoms with Crippen LogP contribution in [0.5, 0.6) is 0 Å². The first-order valence-electron chi connectivity index (χ1n) is 7.95. The molecule has 0 amide bonds. The summed E-state index contributed by atoms with van der Waals surface area (Å²) in [5, 5.41) is 3.62. The SMILES string of the molecule is CCCCCCCCCCC[N+](C)(C)CCN=[N+]=[N-]. The summed E-state index contributed by atoms with van der Waals surface area (Å²) in [6.45, 7) is 5.01. The fourth-order valence-electron chi connectivity index (χ4n) is 2.32. The molecule has 0 aliphatic heterocycles. The van der Waals surface area contributed by atoms with Gasteiger partial charge in [0, 0.05) is 4.91 Å². The zero-order chi connectivity index (χ0) is 14.4. The maximum absolute atomic E-state index is 8.26. The molecule has 4 nitrogen and oxygen atoms in total. The summed E-state index contributed by atoms with van der Waals surface area (Å²) < 4.78 is 0.968. The third-order valence-electron chi connectivity index (χ3n) is 3.74. The van der Waals surface area contributed by atoms with E-state index in [-0.39, 0.29) is 0 Å². The molecule has 112 valence electrons. The highest BCUT2D eigenvalue weighted by Crippen LogP contribution is 2.10. The van der Waals surface area contributed by atoms with Gasteiger partial charge in [0.15, 0.2) is 0 Å². The van der Waals surface area contributed by atoms with Crippen LogP contribution in [0.25, 0.3) is 10.4 Å². The van der Waals surface area contributed by atoms with Gasteiger partial charge in [-0.3, -0.25) is 0 Å². The van der Waals surface area contributed by atoms with E-state index in [0.29, 0.717) is 6.54 Å². The van der Waals surface area contributed by atoms with Gasteiger partial charge < -0.3 is 4.48 Å². The van der Waals surface area contributed by atoms with Crippen molar-refractivity contribution in [3.05, 3.63) is 10.4 Å². The number of azide groups is 1.